The van der Waals surface area contributed by atoms with Crippen LogP contribution in [0.3, 0.4) is 0 Å². The van der Waals surface area contributed by atoms with E-state index in [1.807, 2.05) is 12.3 Å². The number of carbonyl (C=O) groups excluding carboxylic acids is 1. The number of nitrogens with one attached hydrogen (secondary N) is 1. The Hall–Kier alpha value is -2.15. The van der Waals surface area contributed by atoms with Gasteiger partial charge < -0.3 is 15.0 Å². The highest BCUT2D eigenvalue weighted by atomic mass is 32.1. The van der Waals surface area contributed by atoms with E-state index in [0.29, 0.717) is 4.88 Å². The molecule has 23 heavy (non-hydrogen) atoms. The minimum Gasteiger partial charge on any atom is -0.480 e. The summed E-state index contributed by atoms with van der Waals surface area (Å²) in [5.74, 6) is -0.468. The Morgan fingerprint density at radius 1 is 1.39 bits per heavy atom. The van der Waals surface area contributed by atoms with Gasteiger partial charge in [-0.05, 0) is 49.1 Å². The molecule has 0 fully saturated rings. The van der Waals surface area contributed by atoms with E-state index in [2.05, 4.69) is 9.97 Å². The minimum atomic E-state index is -1.01. The van der Waals surface area contributed by atoms with Crippen molar-refractivity contribution in [2.45, 2.75) is 39.2 Å². The van der Waals surface area contributed by atoms with E-state index in [1.54, 1.807) is 6.20 Å². The summed E-state index contributed by atoms with van der Waals surface area (Å²) in [6, 6.07) is 0. The number of nitrogens with zero attached hydrogens (tertiary/aromatic N) is 2. The summed E-state index contributed by atoms with van der Waals surface area (Å²) in [6.07, 6.45) is 5.80. The molecule has 2 aromatic rings. The molecule has 0 bridgehead atoms. The molecule has 0 unspecified atom stereocenters. The number of aryl methyl sites for hydroxylation is 2. The Morgan fingerprint density at radius 3 is 2.87 bits per heavy atom. The van der Waals surface area contributed by atoms with Crippen LogP contribution >= 0.6 is 11.3 Å². The SMILES string of the molecule is Cc1ncc(CN(CC(=O)O)C(=O)c2scc3c2CCCC3)[nH]1. The van der Waals surface area contributed by atoms with E-state index >= 15 is 0 Å². The summed E-state index contributed by atoms with van der Waals surface area (Å²) in [7, 11) is 0. The van der Waals surface area contributed by atoms with Crippen molar-refractivity contribution in [2.75, 3.05) is 6.54 Å². The van der Waals surface area contributed by atoms with Crippen LogP contribution in [-0.2, 0) is 24.2 Å². The number of carboxylic acid groups (broad SMARTS) is 1. The van der Waals surface area contributed by atoms with E-state index in [4.69, 9.17) is 5.11 Å². The third kappa shape index (κ3) is 3.44. The monoisotopic (exact) mass is 333 g/mol. The van der Waals surface area contributed by atoms with E-state index in [-0.39, 0.29) is 19.0 Å². The molecule has 0 spiro atoms. The van der Waals surface area contributed by atoms with Crippen LogP contribution in [0.4, 0.5) is 0 Å². The van der Waals surface area contributed by atoms with Gasteiger partial charge in [-0.2, -0.15) is 0 Å². The minimum absolute atomic E-state index is 0.201. The Morgan fingerprint density at radius 2 is 2.17 bits per heavy atom. The standard InChI is InChI=1S/C16H19N3O3S/c1-10-17-6-12(18-10)7-19(8-14(20)21)16(22)15-13-5-3-2-4-11(13)9-23-15/h6,9H,2-5,7-8H2,1H3,(H,17,18)(H,20,21). The lowest BCUT2D eigenvalue weighted by molar-refractivity contribution is -0.137. The van der Waals surface area contributed by atoms with Crippen molar-refractivity contribution in [1.82, 2.24) is 14.9 Å². The van der Waals surface area contributed by atoms with E-state index in [9.17, 15) is 9.59 Å². The molecule has 0 atom stereocenters. The zero-order valence-electron chi connectivity index (χ0n) is 13.0. The maximum Gasteiger partial charge on any atom is 0.323 e. The number of H-pyrrole nitrogens is 1. The number of aromatic nitrogens is 2. The average molecular weight is 333 g/mol. The number of fused-ring (bicyclic) bond motifs is 1. The maximum absolute atomic E-state index is 12.9. The zero-order chi connectivity index (χ0) is 16.4. The number of hydrogen-bond acceptors (Lipinski definition) is 4. The Kier molecular flexibility index (Phi) is 4.47. The number of thiophene rings is 1. The smallest absolute Gasteiger partial charge is 0.323 e. The molecule has 1 aliphatic rings. The topological polar surface area (TPSA) is 86.3 Å². The molecule has 7 heteroatoms. The Bertz CT molecular complexity index is 735. The van der Waals surface area contributed by atoms with Crippen molar-refractivity contribution in [3.8, 4) is 0 Å². The number of carboxylic acids is 1. The number of aliphatic carboxylic acids is 1. The Labute approximate surface area is 138 Å². The molecule has 1 amide bonds. The van der Waals surface area contributed by atoms with E-state index in [1.165, 1.54) is 21.8 Å². The lowest BCUT2D eigenvalue weighted by Gasteiger charge is -2.21. The molecule has 122 valence electrons. The fourth-order valence-electron chi connectivity index (χ4n) is 2.96. The van der Waals surface area contributed by atoms with Crippen LogP contribution in [0.2, 0.25) is 0 Å². The van der Waals surface area contributed by atoms with Gasteiger partial charge in [-0.3, -0.25) is 9.59 Å². The summed E-state index contributed by atoms with van der Waals surface area (Å²) in [5, 5.41) is 11.2. The van der Waals surface area contributed by atoms with Gasteiger partial charge in [-0.25, -0.2) is 4.98 Å². The van der Waals surface area contributed by atoms with Crippen LogP contribution in [-0.4, -0.2) is 38.4 Å². The predicted octanol–water partition coefficient (Wildman–Crippen LogP) is 2.39. The summed E-state index contributed by atoms with van der Waals surface area (Å²) in [5.41, 5.74) is 3.10. The summed E-state index contributed by atoms with van der Waals surface area (Å²) in [4.78, 5) is 33.2. The maximum atomic E-state index is 12.9. The molecule has 1 aliphatic carbocycles. The number of aromatic amines is 1. The zero-order valence-corrected chi connectivity index (χ0v) is 13.8. The quantitative estimate of drug-likeness (QED) is 0.879. The van der Waals surface area contributed by atoms with Crippen LogP contribution in [0, 0.1) is 6.92 Å². The van der Waals surface area contributed by atoms with Gasteiger partial charge >= 0.3 is 5.97 Å². The molecule has 0 saturated carbocycles. The first-order valence-corrected chi connectivity index (χ1v) is 8.53. The molecule has 6 nitrogen and oxygen atoms in total. The first kappa shape index (κ1) is 15.7. The molecule has 2 N–H and O–H groups in total. The molecule has 0 aromatic carbocycles. The second kappa shape index (κ2) is 6.54. The predicted molar refractivity (Wildman–Crippen MR) is 86.7 cm³/mol. The van der Waals surface area contributed by atoms with Gasteiger partial charge in [0.15, 0.2) is 0 Å². The molecule has 2 heterocycles. The van der Waals surface area contributed by atoms with Gasteiger partial charge in [0.2, 0.25) is 0 Å². The van der Waals surface area contributed by atoms with Gasteiger partial charge in [0.1, 0.15) is 12.4 Å². The van der Waals surface area contributed by atoms with Gasteiger partial charge in [0.05, 0.1) is 23.3 Å². The normalized spacial score (nSPS) is 13.6. The first-order valence-electron chi connectivity index (χ1n) is 7.65. The van der Waals surface area contributed by atoms with Gasteiger partial charge in [-0.1, -0.05) is 0 Å². The number of imidazole rings is 1. The second-order valence-electron chi connectivity index (χ2n) is 5.82. The van der Waals surface area contributed by atoms with E-state index in [0.717, 1.165) is 42.8 Å². The third-order valence-corrected chi connectivity index (χ3v) is 5.09. The highest BCUT2D eigenvalue weighted by Gasteiger charge is 2.26. The fraction of sp³-hybridized carbons (Fsp3) is 0.438. The van der Waals surface area contributed by atoms with Crippen LogP contribution in [0.5, 0.6) is 0 Å². The van der Waals surface area contributed by atoms with Crippen molar-refractivity contribution in [1.29, 1.82) is 0 Å². The van der Waals surface area contributed by atoms with Crippen molar-refractivity contribution in [3.63, 3.8) is 0 Å². The average Bonchev–Trinajstić information content (AvgIpc) is 3.11. The number of rotatable bonds is 5. The highest BCUT2D eigenvalue weighted by molar-refractivity contribution is 7.12. The molecular weight excluding hydrogens is 314 g/mol. The van der Waals surface area contributed by atoms with Crippen molar-refractivity contribution in [3.05, 3.63) is 39.1 Å². The molecular formula is C16H19N3O3S. The number of amides is 1. The van der Waals surface area contributed by atoms with Crippen molar-refractivity contribution < 1.29 is 14.7 Å². The van der Waals surface area contributed by atoms with Crippen LogP contribution in [0.1, 0.15) is 45.2 Å². The fourth-order valence-corrected chi connectivity index (χ4v) is 4.09. The molecule has 0 saturated heterocycles. The second-order valence-corrected chi connectivity index (χ2v) is 6.70. The van der Waals surface area contributed by atoms with Gasteiger partial charge in [-0.15, -0.1) is 11.3 Å². The van der Waals surface area contributed by atoms with Gasteiger partial charge in [0.25, 0.3) is 5.91 Å². The van der Waals surface area contributed by atoms with Crippen molar-refractivity contribution in [2.24, 2.45) is 0 Å². The van der Waals surface area contributed by atoms with Gasteiger partial charge in [0, 0.05) is 0 Å². The number of carbonyl (C=O) groups is 2. The molecule has 2 aromatic heterocycles. The number of hydrogen-bond donors (Lipinski definition) is 2. The lowest BCUT2D eigenvalue weighted by Crippen LogP contribution is -2.35. The third-order valence-electron chi connectivity index (χ3n) is 4.03. The summed E-state index contributed by atoms with van der Waals surface area (Å²) < 4.78 is 0. The van der Waals surface area contributed by atoms with Crippen LogP contribution < -0.4 is 0 Å². The first-order chi connectivity index (χ1) is 11.0. The van der Waals surface area contributed by atoms with E-state index < -0.39 is 5.97 Å². The lowest BCUT2D eigenvalue weighted by atomic mass is 9.93. The molecule has 3 rings (SSSR count). The summed E-state index contributed by atoms with van der Waals surface area (Å²) in [6.45, 7) is 1.73. The largest absolute Gasteiger partial charge is 0.480 e. The van der Waals surface area contributed by atoms with Crippen LogP contribution in [0.15, 0.2) is 11.6 Å². The van der Waals surface area contributed by atoms with Crippen LogP contribution in [0.25, 0.3) is 0 Å². The molecule has 0 radical (unpaired) electrons. The Balaban J connectivity index is 1.85. The van der Waals surface area contributed by atoms with Crippen molar-refractivity contribution >= 4 is 23.2 Å². The highest BCUT2D eigenvalue weighted by Crippen LogP contribution is 2.31. The summed E-state index contributed by atoms with van der Waals surface area (Å²) >= 11 is 1.43. The molecule has 0 aliphatic heterocycles.